The van der Waals surface area contributed by atoms with Crippen LogP contribution >= 0.6 is 11.3 Å². The second-order valence-corrected chi connectivity index (χ2v) is 6.67. The van der Waals surface area contributed by atoms with Gasteiger partial charge in [0.2, 0.25) is 0 Å². The summed E-state index contributed by atoms with van der Waals surface area (Å²) in [6.07, 6.45) is 1.94. The predicted molar refractivity (Wildman–Crippen MR) is 65.2 cm³/mol. The van der Waals surface area contributed by atoms with Gasteiger partial charge in [0.15, 0.2) is 5.13 Å². The van der Waals surface area contributed by atoms with Crippen molar-refractivity contribution in [3.63, 3.8) is 0 Å². The zero-order valence-corrected chi connectivity index (χ0v) is 11.7. The van der Waals surface area contributed by atoms with E-state index >= 15 is 0 Å². The van der Waals surface area contributed by atoms with E-state index in [1.807, 2.05) is 6.20 Å². The van der Waals surface area contributed by atoms with Crippen molar-refractivity contribution in [1.82, 2.24) is 19.7 Å². The van der Waals surface area contributed by atoms with Crippen molar-refractivity contribution in [2.75, 3.05) is 45.7 Å². The van der Waals surface area contributed by atoms with Gasteiger partial charge in [-0.25, -0.2) is 19.7 Å². The van der Waals surface area contributed by atoms with Gasteiger partial charge >= 0.3 is 0 Å². The van der Waals surface area contributed by atoms with Gasteiger partial charge in [-0.05, 0) is 0 Å². The molecule has 0 saturated carbocycles. The lowest BCUT2D eigenvalue weighted by Gasteiger charge is -2.60. The maximum absolute atomic E-state index is 5.71. The zero-order valence-electron chi connectivity index (χ0n) is 10.1. The van der Waals surface area contributed by atoms with Gasteiger partial charge in [-0.1, -0.05) is 11.3 Å². The molecule has 0 aliphatic carbocycles. The zero-order chi connectivity index (χ0) is 11.5. The molecule has 4 aliphatic rings. The van der Waals surface area contributed by atoms with Crippen LogP contribution in [-0.2, 0) is 6.54 Å². The van der Waals surface area contributed by atoms with E-state index in [0.29, 0.717) is 5.13 Å². The lowest BCUT2D eigenvalue weighted by molar-refractivity contribution is -0.991. The highest BCUT2D eigenvalue weighted by molar-refractivity contribution is 7.15. The van der Waals surface area contributed by atoms with E-state index in [4.69, 9.17) is 5.73 Å². The van der Waals surface area contributed by atoms with Gasteiger partial charge in [0.05, 0.1) is 24.9 Å². The molecule has 1 aromatic heterocycles. The Bertz CT molecular complexity index is 414. The average molecular weight is 289 g/mol. The molecule has 0 aromatic carbocycles. The maximum atomic E-state index is 5.71. The minimum atomic E-state index is 0. The number of rotatable bonds is 2. The van der Waals surface area contributed by atoms with E-state index in [0.717, 1.165) is 31.0 Å². The molecule has 5 rings (SSSR count). The summed E-state index contributed by atoms with van der Waals surface area (Å²) in [4.78, 5) is 13.1. The Morgan fingerprint density at radius 1 is 1.17 bits per heavy atom. The summed E-state index contributed by atoms with van der Waals surface area (Å²) in [7, 11) is 0. The van der Waals surface area contributed by atoms with Gasteiger partial charge in [-0.2, -0.15) is 0 Å². The fourth-order valence-corrected chi connectivity index (χ4v) is 4.35. The Morgan fingerprint density at radius 2 is 1.72 bits per heavy atom. The van der Waals surface area contributed by atoms with Gasteiger partial charge in [0, 0.05) is 6.20 Å². The summed E-state index contributed by atoms with van der Waals surface area (Å²) in [5.41, 5.74) is 5.71. The quantitative estimate of drug-likeness (QED) is 0.579. The van der Waals surface area contributed by atoms with Crippen LogP contribution in [0.15, 0.2) is 6.20 Å². The first-order chi connectivity index (χ1) is 8.21. The van der Waals surface area contributed by atoms with Crippen molar-refractivity contribution < 1.29 is 16.9 Å². The molecule has 0 spiro atoms. The summed E-state index contributed by atoms with van der Waals surface area (Å²) in [5.74, 6) is 0. The van der Waals surface area contributed by atoms with E-state index in [-0.39, 0.29) is 12.4 Å². The first-order valence-electron chi connectivity index (χ1n) is 5.93. The SMILES string of the molecule is Nc1ncc(C[N+]23CN4CN(CN(C4)C2)C3)s1.[Cl-]. The molecule has 2 N–H and O–H groups in total. The Hall–Kier alpha value is -0.440. The van der Waals surface area contributed by atoms with E-state index < -0.39 is 0 Å². The van der Waals surface area contributed by atoms with Crippen LogP contribution in [0.25, 0.3) is 0 Å². The van der Waals surface area contributed by atoms with E-state index in [2.05, 4.69) is 19.7 Å². The largest absolute Gasteiger partial charge is 1.00 e. The van der Waals surface area contributed by atoms with Crippen LogP contribution in [0.1, 0.15) is 4.88 Å². The number of nitrogens with zero attached hydrogens (tertiary/aromatic N) is 5. The molecule has 4 bridgehead atoms. The molecule has 4 saturated heterocycles. The van der Waals surface area contributed by atoms with Crippen molar-refractivity contribution in [3.8, 4) is 0 Å². The standard InChI is InChI=1S/C10H17N6S.ClH/c11-10-12-1-9(17-10)2-16-6-13-3-14(7-16)5-15(4-13)8-16;/h1H,2-8H2,(H2,11,12);1H/q+1;/p-1. The number of hydrogen-bond acceptors (Lipinski definition) is 6. The molecule has 5 heterocycles. The van der Waals surface area contributed by atoms with Crippen molar-refractivity contribution in [2.24, 2.45) is 0 Å². The third-order valence-corrected chi connectivity index (χ3v) is 4.57. The van der Waals surface area contributed by atoms with Crippen molar-refractivity contribution in [2.45, 2.75) is 6.54 Å². The molecule has 18 heavy (non-hydrogen) atoms. The van der Waals surface area contributed by atoms with E-state index in [1.54, 1.807) is 11.3 Å². The first kappa shape index (κ1) is 12.6. The van der Waals surface area contributed by atoms with Crippen LogP contribution in [0.5, 0.6) is 0 Å². The summed E-state index contributed by atoms with van der Waals surface area (Å²) >= 11 is 1.63. The number of halogens is 1. The Labute approximate surface area is 117 Å². The highest BCUT2D eigenvalue weighted by Crippen LogP contribution is 2.31. The van der Waals surface area contributed by atoms with E-state index in [1.165, 1.54) is 24.9 Å². The Balaban J connectivity index is 0.000001000. The van der Waals surface area contributed by atoms with Gasteiger partial charge < -0.3 is 18.1 Å². The average Bonchev–Trinajstić information content (AvgIpc) is 2.60. The van der Waals surface area contributed by atoms with Crippen LogP contribution in [0.3, 0.4) is 0 Å². The lowest BCUT2D eigenvalue weighted by Crippen LogP contribution is -3.00. The molecule has 1 aromatic rings. The molecule has 4 fully saturated rings. The van der Waals surface area contributed by atoms with Gasteiger partial charge in [-0.15, -0.1) is 0 Å². The van der Waals surface area contributed by atoms with E-state index in [9.17, 15) is 0 Å². The van der Waals surface area contributed by atoms with Crippen molar-refractivity contribution in [3.05, 3.63) is 11.1 Å². The number of aromatic nitrogens is 1. The van der Waals surface area contributed by atoms with Crippen LogP contribution in [0.4, 0.5) is 5.13 Å². The summed E-state index contributed by atoms with van der Waals surface area (Å²) in [5, 5.41) is 0.690. The number of hydrogen-bond donors (Lipinski definition) is 1. The molecule has 0 atom stereocenters. The topological polar surface area (TPSA) is 48.6 Å². The number of nitrogens with two attached hydrogens (primary N) is 1. The molecule has 4 aliphatic heterocycles. The number of anilines is 1. The minimum absolute atomic E-state index is 0. The molecule has 0 amide bonds. The molecule has 8 heteroatoms. The minimum Gasteiger partial charge on any atom is -1.00 e. The highest BCUT2D eigenvalue weighted by atomic mass is 35.5. The fourth-order valence-electron chi connectivity index (χ4n) is 3.53. The summed E-state index contributed by atoms with van der Waals surface area (Å²) in [6, 6.07) is 0. The van der Waals surface area contributed by atoms with Gasteiger partial charge in [0.25, 0.3) is 0 Å². The van der Waals surface area contributed by atoms with Crippen molar-refractivity contribution in [1.29, 1.82) is 0 Å². The lowest BCUT2D eigenvalue weighted by atomic mass is 10.3. The summed E-state index contributed by atoms with van der Waals surface area (Å²) in [6.45, 7) is 8.00. The van der Waals surface area contributed by atoms with Crippen LogP contribution in [-0.4, -0.2) is 64.2 Å². The first-order valence-corrected chi connectivity index (χ1v) is 6.75. The van der Waals surface area contributed by atoms with Crippen LogP contribution in [0, 0.1) is 0 Å². The maximum Gasteiger partial charge on any atom is 0.180 e. The van der Waals surface area contributed by atoms with Gasteiger partial charge in [-0.3, -0.25) is 4.48 Å². The van der Waals surface area contributed by atoms with Crippen LogP contribution in [0.2, 0.25) is 0 Å². The smallest absolute Gasteiger partial charge is 0.180 e. The number of thiazole rings is 1. The number of quaternary nitrogens is 1. The molecule has 100 valence electrons. The fraction of sp³-hybridized carbons (Fsp3) is 0.700. The Kier molecular flexibility index (Phi) is 3.00. The molecule has 6 nitrogen and oxygen atoms in total. The van der Waals surface area contributed by atoms with Crippen molar-refractivity contribution >= 4 is 16.5 Å². The van der Waals surface area contributed by atoms with Crippen LogP contribution < -0.4 is 18.1 Å². The molecule has 0 radical (unpaired) electrons. The molecule has 0 unspecified atom stereocenters. The predicted octanol–water partition coefficient (Wildman–Crippen LogP) is -3.26. The Morgan fingerprint density at radius 3 is 2.17 bits per heavy atom. The third-order valence-electron chi connectivity index (χ3n) is 3.76. The molecular weight excluding hydrogens is 272 g/mol. The summed E-state index contributed by atoms with van der Waals surface area (Å²) < 4.78 is 1.13. The second-order valence-electron chi connectivity index (χ2n) is 5.53. The normalized spacial score (nSPS) is 40.8. The highest BCUT2D eigenvalue weighted by Gasteiger charge is 2.48. The molecular formula is C10H17ClN6S. The third kappa shape index (κ3) is 2.01. The van der Waals surface area contributed by atoms with Gasteiger partial charge in [0.1, 0.15) is 26.6 Å². The monoisotopic (exact) mass is 288 g/mol. The second kappa shape index (κ2) is 4.29. The number of nitrogen functional groups attached to an aromatic ring is 1.